The molecule has 2 aromatic rings. The largest absolute Gasteiger partial charge is 0.493 e. The Balaban J connectivity index is 1.75. The number of hydrogen-bond acceptors (Lipinski definition) is 5. The lowest BCUT2D eigenvalue weighted by atomic mass is 10.1. The molecule has 0 unspecified atom stereocenters. The van der Waals surface area contributed by atoms with E-state index < -0.39 is 5.25 Å². The van der Waals surface area contributed by atoms with Crippen molar-refractivity contribution in [2.45, 2.75) is 25.1 Å². The molecule has 1 saturated heterocycles. The SMILES string of the molecule is CCOc1c(Br)cc(C[C@H]2SC(=O)N(Cc3ccc(Cl)cc3)C2=O)cc1OC. The molecule has 1 aliphatic rings. The lowest BCUT2D eigenvalue weighted by Crippen LogP contribution is -2.31. The molecule has 5 nitrogen and oxygen atoms in total. The Labute approximate surface area is 181 Å². The average molecular weight is 485 g/mol. The number of nitrogens with zero attached hydrogens (tertiary/aromatic N) is 1. The summed E-state index contributed by atoms with van der Waals surface area (Å²) in [5.74, 6) is 1.03. The zero-order valence-electron chi connectivity index (χ0n) is 15.4. The first-order valence-electron chi connectivity index (χ1n) is 8.68. The molecule has 28 heavy (non-hydrogen) atoms. The van der Waals surface area contributed by atoms with Gasteiger partial charge in [-0.25, -0.2) is 0 Å². The molecule has 0 saturated carbocycles. The fourth-order valence-corrected chi connectivity index (χ4v) is 4.69. The molecular formula is C20H19BrClNO4S. The number of ether oxygens (including phenoxy) is 2. The van der Waals surface area contributed by atoms with E-state index in [-0.39, 0.29) is 17.7 Å². The highest BCUT2D eigenvalue weighted by Gasteiger charge is 2.39. The number of rotatable bonds is 7. The quantitative estimate of drug-likeness (QED) is 0.532. The first-order valence-corrected chi connectivity index (χ1v) is 10.7. The van der Waals surface area contributed by atoms with Gasteiger partial charge >= 0.3 is 0 Å². The summed E-state index contributed by atoms with van der Waals surface area (Å²) in [7, 11) is 1.57. The molecule has 8 heteroatoms. The van der Waals surface area contributed by atoms with E-state index >= 15 is 0 Å². The Morgan fingerprint density at radius 2 is 1.89 bits per heavy atom. The minimum absolute atomic E-state index is 0.186. The summed E-state index contributed by atoms with van der Waals surface area (Å²) in [5, 5.41) is -0.0821. The number of benzene rings is 2. The monoisotopic (exact) mass is 483 g/mol. The Kier molecular flexibility index (Phi) is 6.91. The summed E-state index contributed by atoms with van der Waals surface area (Å²) >= 11 is 10.4. The average Bonchev–Trinajstić information content (AvgIpc) is 2.92. The van der Waals surface area contributed by atoms with Gasteiger partial charge in [0, 0.05) is 5.02 Å². The van der Waals surface area contributed by atoms with Gasteiger partial charge < -0.3 is 9.47 Å². The predicted molar refractivity (Wildman–Crippen MR) is 114 cm³/mol. The number of halogens is 2. The lowest BCUT2D eigenvalue weighted by molar-refractivity contribution is -0.127. The van der Waals surface area contributed by atoms with Gasteiger partial charge in [-0.1, -0.05) is 35.5 Å². The van der Waals surface area contributed by atoms with Gasteiger partial charge in [-0.2, -0.15) is 0 Å². The van der Waals surface area contributed by atoms with Crippen molar-refractivity contribution in [2.24, 2.45) is 0 Å². The minimum Gasteiger partial charge on any atom is -0.493 e. The van der Waals surface area contributed by atoms with Crippen molar-refractivity contribution in [3.8, 4) is 11.5 Å². The Bertz CT molecular complexity index is 891. The van der Waals surface area contributed by atoms with Gasteiger partial charge in [0.1, 0.15) is 0 Å². The van der Waals surface area contributed by atoms with Crippen molar-refractivity contribution >= 4 is 50.4 Å². The van der Waals surface area contributed by atoms with Gasteiger partial charge in [-0.3, -0.25) is 14.5 Å². The van der Waals surface area contributed by atoms with Crippen LogP contribution in [0.25, 0.3) is 0 Å². The normalized spacial score (nSPS) is 16.6. The van der Waals surface area contributed by atoms with Crippen LogP contribution in [-0.2, 0) is 17.8 Å². The van der Waals surface area contributed by atoms with Crippen molar-refractivity contribution in [2.75, 3.05) is 13.7 Å². The van der Waals surface area contributed by atoms with Gasteiger partial charge in [0.05, 0.1) is 30.0 Å². The zero-order valence-corrected chi connectivity index (χ0v) is 18.6. The van der Waals surface area contributed by atoms with Gasteiger partial charge in [0.25, 0.3) is 5.24 Å². The van der Waals surface area contributed by atoms with E-state index in [1.165, 1.54) is 4.90 Å². The maximum absolute atomic E-state index is 12.8. The van der Waals surface area contributed by atoms with E-state index in [1.54, 1.807) is 19.2 Å². The minimum atomic E-state index is -0.464. The van der Waals surface area contributed by atoms with Gasteiger partial charge in [-0.05, 0) is 64.7 Å². The smallest absolute Gasteiger partial charge is 0.289 e. The van der Waals surface area contributed by atoms with Crippen LogP contribution in [-0.4, -0.2) is 35.0 Å². The van der Waals surface area contributed by atoms with Crippen LogP contribution >= 0.6 is 39.3 Å². The summed E-state index contributed by atoms with van der Waals surface area (Å²) in [4.78, 5) is 26.5. The number of carbonyl (C=O) groups excluding carboxylic acids is 2. The summed E-state index contributed by atoms with van der Waals surface area (Å²) in [6.07, 6.45) is 0.424. The molecule has 1 heterocycles. The number of thioether (sulfide) groups is 1. The highest BCUT2D eigenvalue weighted by molar-refractivity contribution is 9.10. The van der Waals surface area contributed by atoms with Crippen molar-refractivity contribution in [1.82, 2.24) is 4.90 Å². The second kappa shape index (κ2) is 9.20. The van der Waals surface area contributed by atoms with Crippen molar-refractivity contribution in [3.63, 3.8) is 0 Å². The number of carbonyl (C=O) groups is 2. The van der Waals surface area contributed by atoms with Gasteiger partial charge in [0.2, 0.25) is 5.91 Å². The molecule has 0 bridgehead atoms. The third kappa shape index (κ3) is 4.64. The summed E-state index contributed by atoms with van der Waals surface area (Å²) in [6, 6.07) is 10.9. The second-order valence-corrected chi connectivity index (χ2v) is 8.61. The topological polar surface area (TPSA) is 55.8 Å². The predicted octanol–water partition coefficient (Wildman–Crippen LogP) is 5.32. The van der Waals surface area contributed by atoms with Crippen LogP contribution in [0.3, 0.4) is 0 Å². The second-order valence-electron chi connectivity index (χ2n) is 6.17. The number of amides is 2. The van der Waals surface area contributed by atoms with Crippen LogP contribution in [0, 0.1) is 0 Å². The van der Waals surface area contributed by atoms with Crippen molar-refractivity contribution in [1.29, 1.82) is 0 Å². The maximum atomic E-state index is 12.8. The standard InChI is InChI=1S/C20H19BrClNO4S/c1-3-27-18-15(21)8-13(9-16(18)26-2)10-17-19(24)23(20(25)28-17)11-12-4-6-14(22)7-5-12/h4-9,17H,3,10-11H2,1-2H3/t17-/m1/s1. The molecule has 0 N–H and O–H groups in total. The third-order valence-corrected chi connectivity index (χ3v) is 6.17. The van der Waals surface area contributed by atoms with E-state index in [2.05, 4.69) is 15.9 Å². The Hall–Kier alpha value is -1.70. The van der Waals surface area contributed by atoms with E-state index in [9.17, 15) is 9.59 Å². The first-order chi connectivity index (χ1) is 13.4. The molecule has 0 radical (unpaired) electrons. The van der Waals surface area contributed by atoms with Gasteiger partial charge in [0.15, 0.2) is 11.5 Å². The molecular weight excluding hydrogens is 466 g/mol. The van der Waals surface area contributed by atoms with E-state index in [0.29, 0.717) is 29.5 Å². The molecule has 0 spiro atoms. The molecule has 1 fully saturated rings. The number of hydrogen-bond donors (Lipinski definition) is 0. The fourth-order valence-electron chi connectivity index (χ4n) is 2.93. The lowest BCUT2D eigenvalue weighted by Gasteiger charge is -2.15. The molecule has 1 atom stereocenters. The first kappa shape index (κ1) is 21.0. The number of methoxy groups -OCH3 is 1. The molecule has 1 aliphatic heterocycles. The van der Waals surface area contributed by atoms with Crippen LogP contribution in [0.4, 0.5) is 4.79 Å². The van der Waals surface area contributed by atoms with Crippen molar-refractivity contribution in [3.05, 3.63) is 57.0 Å². The third-order valence-electron chi connectivity index (χ3n) is 4.26. The van der Waals surface area contributed by atoms with Crippen LogP contribution in [0.15, 0.2) is 40.9 Å². The van der Waals surface area contributed by atoms with Crippen molar-refractivity contribution < 1.29 is 19.1 Å². The molecule has 2 aromatic carbocycles. The van der Waals surface area contributed by atoms with E-state index in [0.717, 1.165) is 27.4 Å². The van der Waals surface area contributed by atoms with Crippen LogP contribution in [0.5, 0.6) is 11.5 Å². The van der Waals surface area contributed by atoms with Crippen LogP contribution < -0.4 is 9.47 Å². The zero-order chi connectivity index (χ0) is 20.3. The maximum Gasteiger partial charge on any atom is 0.289 e. The molecule has 2 amide bonds. The van der Waals surface area contributed by atoms with Gasteiger partial charge in [-0.15, -0.1) is 0 Å². The molecule has 148 valence electrons. The Morgan fingerprint density at radius 1 is 1.18 bits per heavy atom. The highest BCUT2D eigenvalue weighted by Crippen LogP contribution is 2.38. The molecule has 0 aliphatic carbocycles. The molecule has 0 aromatic heterocycles. The van der Waals surface area contributed by atoms with E-state index in [4.69, 9.17) is 21.1 Å². The summed E-state index contributed by atoms with van der Waals surface area (Å²) in [5.41, 5.74) is 1.75. The summed E-state index contributed by atoms with van der Waals surface area (Å²) in [6.45, 7) is 2.66. The van der Waals surface area contributed by atoms with Crippen LogP contribution in [0.1, 0.15) is 18.1 Å². The van der Waals surface area contributed by atoms with Crippen LogP contribution in [0.2, 0.25) is 5.02 Å². The number of imide groups is 1. The highest BCUT2D eigenvalue weighted by atomic mass is 79.9. The fraction of sp³-hybridized carbons (Fsp3) is 0.300. The summed E-state index contributed by atoms with van der Waals surface area (Å²) < 4.78 is 11.8. The Morgan fingerprint density at radius 3 is 2.54 bits per heavy atom. The van der Waals surface area contributed by atoms with E-state index in [1.807, 2.05) is 31.2 Å². The molecule has 3 rings (SSSR count).